The van der Waals surface area contributed by atoms with Crippen LogP contribution in [-0.2, 0) is 0 Å². The second kappa shape index (κ2) is 7.16. The van der Waals surface area contributed by atoms with Crippen molar-refractivity contribution in [3.63, 3.8) is 0 Å². The van der Waals surface area contributed by atoms with E-state index in [0.29, 0.717) is 17.2 Å². The number of thioether (sulfide) groups is 1. The number of benzene rings is 1. The molecule has 98 valence electrons. The molecule has 0 amide bonds. The molecule has 1 rings (SSSR count). The van der Waals surface area contributed by atoms with Gasteiger partial charge in [0.1, 0.15) is 0 Å². The second-order valence-electron chi connectivity index (χ2n) is 4.46. The number of hydrogen-bond donors (Lipinski definition) is 0. The van der Waals surface area contributed by atoms with Crippen molar-refractivity contribution in [3.8, 4) is 0 Å². The molecule has 18 heavy (non-hydrogen) atoms. The van der Waals surface area contributed by atoms with E-state index in [9.17, 15) is 14.9 Å². The van der Waals surface area contributed by atoms with Gasteiger partial charge in [0.15, 0.2) is 5.78 Å². The molecule has 0 heterocycles. The predicted octanol–water partition coefficient (Wildman–Crippen LogP) is 3.56. The predicted molar refractivity (Wildman–Crippen MR) is 74.2 cm³/mol. The normalized spacial score (nSPS) is 10.6. The minimum atomic E-state index is -0.467. The molecule has 1 aromatic rings. The molecular formula is C13H17NO3S. The molecule has 5 heteroatoms. The number of Topliss-reactive ketones (excluding diaryl/α,β-unsaturated/α-hetero) is 1. The van der Waals surface area contributed by atoms with E-state index in [1.165, 1.54) is 24.3 Å². The SMILES string of the molecule is CC(C)CCSCC(=O)c1ccc([N+](=O)[O-])cc1. The molecule has 0 radical (unpaired) electrons. The van der Waals surface area contributed by atoms with Crippen molar-refractivity contribution in [2.45, 2.75) is 20.3 Å². The van der Waals surface area contributed by atoms with E-state index in [1.807, 2.05) is 0 Å². The molecule has 0 bridgehead atoms. The van der Waals surface area contributed by atoms with E-state index >= 15 is 0 Å². The Hall–Kier alpha value is -1.36. The Morgan fingerprint density at radius 1 is 1.33 bits per heavy atom. The molecule has 0 aliphatic carbocycles. The number of ketones is 1. The highest BCUT2D eigenvalue weighted by molar-refractivity contribution is 7.99. The molecule has 4 nitrogen and oxygen atoms in total. The zero-order valence-corrected chi connectivity index (χ0v) is 11.4. The number of non-ortho nitro benzene ring substituents is 1. The van der Waals surface area contributed by atoms with Crippen molar-refractivity contribution in [1.82, 2.24) is 0 Å². The lowest BCUT2D eigenvalue weighted by atomic mass is 10.1. The van der Waals surface area contributed by atoms with E-state index in [2.05, 4.69) is 13.8 Å². The third-order valence-electron chi connectivity index (χ3n) is 2.47. The Kier molecular flexibility index (Phi) is 5.85. The van der Waals surface area contributed by atoms with Gasteiger partial charge in [0.25, 0.3) is 5.69 Å². The number of hydrogen-bond acceptors (Lipinski definition) is 4. The highest BCUT2D eigenvalue weighted by atomic mass is 32.2. The Balaban J connectivity index is 2.44. The van der Waals surface area contributed by atoms with Crippen LogP contribution in [0.25, 0.3) is 0 Å². The van der Waals surface area contributed by atoms with Gasteiger partial charge in [-0.3, -0.25) is 14.9 Å². The van der Waals surface area contributed by atoms with Gasteiger partial charge in [-0.25, -0.2) is 0 Å². The van der Waals surface area contributed by atoms with Gasteiger partial charge in [0.2, 0.25) is 0 Å². The first-order chi connectivity index (χ1) is 8.50. The van der Waals surface area contributed by atoms with Crippen molar-refractivity contribution in [2.75, 3.05) is 11.5 Å². The van der Waals surface area contributed by atoms with Gasteiger partial charge in [-0.05, 0) is 30.2 Å². The average molecular weight is 267 g/mol. The summed E-state index contributed by atoms with van der Waals surface area (Å²) in [6.45, 7) is 4.30. The summed E-state index contributed by atoms with van der Waals surface area (Å²) in [5.74, 6) is 2.08. The monoisotopic (exact) mass is 267 g/mol. The third kappa shape index (κ3) is 4.87. The van der Waals surface area contributed by atoms with Crippen LogP contribution in [0.15, 0.2) is 24.3 Å². The smallest absolute Gasteiger partial charge is 0.269 e. The zero-order valence-electron chi connectivity index (χ0n) is 10.6. The minimum absolute atomic E-state index is 0.0130. The summed E-state index contributed by atoms with van der Waals surface area (Å²) in [4.78, 5) is 21.8. The summed E-state index contributed by atoms with van der Waals surface area (Å²) in [5, 5.41) is 10.5. The summed E-state index contributed by atoms with van der Waals surface area (Å²) < 4.78 is 0. The van der Waals surface area contributed by atoms with Crippen molar-refractivity contribution in [2.24, 2.45) is 5.92 Å². The van der Waals surface area contributed by atoms with Crippen LogP contribution in [0.4, 0.5) is 5.69 Å². The molecule has 0 aromatic heterocycles. The largest absolute Gasteiger partial charge is 0.293 e. The van der Waals surface area contributed by atoms with Gasteiger partial charge in [-0.2, -0.15) is 11.8 Å². The Labute approximate surface area is 111 Å². The number of carbonyl (C=O) groups is 1. The van der Waals surface area contributed by atoms with Crippen LogP contribution in [0, 0.1) is 16.0 Å². The van der Waals surface area contributed by atoms with Crippen LogP contribution in [0.2, 0.25) is 0 Å². The van der Waals surface area contributed by atoms with E-state index < -0.39 is 4.92 Å². The van der Waals surface area contributed by atoms with Gasteiger partial charge in [0.05, 0.1) is 10.7 Å². The standard InChI is InChI=1S/C13H17NO3S/c1-10(2)7-8-18-9-13(15)11-3-5-12(6-4-11)14(16)17/h3-6,10H,7-9H2,1-2H3. The van der Waals surface area contributed by atoms with Crippen LogP contribution in [0.3, 0.4) is 0 Å². The third-order valence-corrected chi connectivity index (χ3v) is 3.46. The molecule has 0 N–H and O–H groups in total. The topological polar surface area (TPSA) is 60.2 Å². The number of nitrogens with zero attached hydrogens (tertiary/aromatic N) is 1. The summed E-state index contributed by atoms with van der Waals surface area (Å²) in [7, 11) is 0. The second-order valence-corrected chi connectivity index (χ2v) is 5.57. The fraction of sp³-hybridized carbons (Fsp3) is 0.462. The summed E-state index contributed by atoms with van der Waals surface area (Å²) in [6.07, 6.45) is 1.10. The van der Waals surface area contributed by atoms with Gasteiger partial charge < -0.3 is 0 Å². The molecule has 0 aliphatic rings. The van der Waals surface area contributed by atoms with Crippen molar-refractivity contribution >= 4 is 23.2 Å². The van der Waals surface area contributed by atoms with Gasteiger partial charge in [-0.1, -0.05) is 13.8 Å². The van der Waals surface area contributed by atoms with Gasteiger partial charge in [0, 0.05) is 17.7 Å². The highest BCUT2D eigenvalue weighted by Crippen LogP contribution is 2.15. The number of nitro benzene ring substituents is 1. The molecule has 0 aliphatic heterocycles. The Morgan fingerprint density at radius 3 is 2.44 bits per heavy atom. The van der Waals surface area contributed by atoms with E-state index in [-0.39, 0.29) is 11.5 Å². The number of carbonyl (C=O) groups excluding carboxylic acids is 1. The maximum absolute atomic E-state index is 11.8. The molecular weight excluding hydrogens is 250 g/mol. The van der Waals surface area contributed by atoms with Crippen LogP contribution in [-0.4, -0.2) is 22.2 Å². The van der Waals surface area contributed by atoms with Crippen molar-refractivity contribution in [1.29, 1.82) is 0 Å². The lowest BCUT2D eigenvalue weighted by Gasteiger charge is -2.04. The first kappa shape index (κ1) is 14.7. The summed E-state index contributed by atoms with van der Waals surface area (Å²) in [5.41, 5.74) is 0.552. The Bertz CT molecular complexity index is 415. The summed E-state index contributed by atoms with van der Waals surface area (Å²) in [6, 6.07) is 5.77. The maximum Gasteiger partial charge on any atom is 0.269 e. The fourth-order valence-corrected chi connectivity index (χ4v) is 2.47. The lowest BCUT2D eigenvalue weighted by molar-refractivity contribution is -0.384. The molecule has 0 saturated carbocycles. The molecule has 0 atom stereocenters. The van der Waals surface area contributed by atoms with Gasteiger partial charge >= 0.3 is 0 Å². The molecule has 0 unspecified atom stereocenters. The summed E-state index contributed by atoms with van der Waals surface area (Å²) >= 11 is 1.61. The van der Waals surface area contributed by atoms with Crippen LogP contribution in [0.1, 0.15) is 30.6 Å². The number of rotatable bonds is 7. The average Bonchev–Trinajstić information content (AvgIpc) is 2.34. The van der Waals surface area contributed by atoms with E-state index in [1.54, 1.807) is 11.8 Å². The zero-order chi connectivity index (χ0) is 13.5. The van der Waals surface area contributed by atoms with Crippen LogP contribution in [0.5, 0.6) is 0 Å². The highest BCUT2D eigenvalue weighted by Gasteiger charge is 2.09. The quantitative estimate of drug-likeness (QED) is 0.328. The lowest BCUT2D eigenvalue weighted by Crippen LogP contribution is -2.03. The maximum atomic E-state index is 11.8. The van der Waals surface area contributed by atoms with Crippen LogP contribution >= 0.6 is 11.8 Å². The van der Waals surface area contributed by atoms with E-state index in [0.717, 1.165) is 12.2 Å². The van der Waals surface area contributed by atoms with Crippen LogP contribution < -0.4 is 0 Å². The minimum Gasteiger partial charge on any atom is -0.293 e. The van der Waals surface area contributed by atoms with Crippen molar-refractivity contribution < 1.29 is 9.72 Å². The first-order valence-corrected chi connectivity index (χ1v) is 7.01. The van der Waals surface area contributed by atoms with E-state index in [4.69, 9.17) is 0 Å². The molecule has 0 spiro atoms. The van der Waals surface area contributed by atoms with Crippen molar-refractivity contribution in [3.05, 3.63) is 39.9 Å². The van der Waals surface area contributed by atoms with Gasteiger partial charge in [-0.15, -0.1) is 0 Å². The first-order valence-electron chi connectivity index (χ1n) is 5.86. The Morgan fingerprint density at radius 2 is 1.94 bits per heavy atom. The molecule has 0 saturated heterocycles. The molecule has 0 fully saturated rings. The number of nitro groups is 1. The molecule has 1 aromatic carbocycles. The fourth-order valence-electron chi connectivity index (χ4n) is 1.34.